The van der Waals surface area contributed by atoms with Gasteiger partial charge in [0, 0.05) is 24.9 Å². The van der Waals surface area contributed by atoms with Crippen LogP contribution >= 0.6 is 0 Å². The summed E-state index contributed by atoms with van der Waals surface area (Å²) in [6.07, 6.45) is 4.19. The van der Waals surface area contributed by atoms with Crippen LogP contribution in [-0.2, 0) is 0 Å². The second-order valence-corrected chi connectivity index (χ2v) is 4.59. The lowest BCUT2D eigenvalue weighted by Gasteiger charge is -2.39. The van der Waals surface area contributed by atoms with Crippen molar-refractivity contribution in [2.24, 2.45) is 0 Å². The van der Waals surface area contributed by atoms with E-state index in [9.17, 15) is 0 Å². The molecule has 0 amide bonds. The molecule has 0 atom stereocenters. The molecule has 94 valence electrons. The van der Waals surface area contributed by atoms with E-state index in [4.69, 9.17) is 9.47 Å². The first kappa shape index (κ1) is 12.2. The Morgan fingerprint density at radius 3 is 2.65 bits per heavy atom. The van der Waals surface area contributed by atoms with Crippen molar-refractivity contribution >= 4 is 0 Å². The maximum absolute atomic E-state index is 5.77. The zero-order valence-electron chi connectivity index (χ0n) is 10.7. The Morgan fingerprint density at radius 1 is 1.35 bits per heavy atom. The Balaban J connectivity index is 1.80. The molecule has 0 aromatic carbocycles. The summed E-state index contributed by atoms with van der Waals surface area (Å²) in [4.78, 5) is 6.47. The van der Waals surface area contributed by atoms with Gasteiger partial charge in [-0.05, 0) is 27.1 Å². The fraction of sp³-hybridized carbons (Fsp3) is 0.615. The van der Waals surface area contributed by atoms with Crippen LogP contribution in [0.5, 0.6) is 11.6 Å². The van der Waals surface area contributed by atoms with Gasteiger partial charge in [-0.15, -0.1) is 0 Å². The predicted molar refractivity (Wildman–Crippen MR) is 66.5 cm³/mol. The van der Waals surface area contributed by atoms with Crippen LogP contribution in [0.15, 0.2) is 18.3 Å². The third-order valence-electron chi connectivity index (χ3n) is 3.11. The van der Waals surface area contributed by atoms with Crippen molar-refractivity contribution in [2.45, 2.75) is 31.9 Å². The normalized spacial score (nSPS) is 23.3. The summed E-state index contributed by atoms with van der Waals surface area (Å²) in [7, 11) is 4.21. The molecule has 0 radical (unpaired) electrons. The van der Waals surface area contributed by atoms with Crippen molar-refractivity contribution in [3.63, 3.8) is 0 Å². The first-order valence-electron chi connectivity index (χ1n) is 6.11. The third-order valence-corrected chi connectivity index (χ3v) is 3.11. The third kappa shape index (κ3) is 3.09. The van der Waals surface area contributed by atoms with Crippen LogP contribution in [0.4, 0.5) is 0 Å². The minimum Gasteiger partial charge on any atom is -0.492 e. The fourth-order valence-corrected chi connectivity index (χ4v) is 1.91. The number of hydrogen-bond donors (Lipinski definition) is 0. The van der Waals surface area contributed by atoms with Gasteiger partial charge in [0.2, 0.25) is 5.88 Å². The van der Waals surface area contributed by atoms with E-state index in [2.05, 4.69) is 24.0 Å². The van der Waals surface area contributed by atoms with Crippen molar-refractivity contribution in [3.05, 3.63) is 18.3 Å². The Bertz CT molecular complexity index is 345. The molecule has 1 heterocycles. The molecule has 1 aliphatic carbocycles. The van der Waals surface area contributed by atoms with Gasteiger partial charge in [-0.1, -0.05) is 0 Å². The minimum atomic E-state index is 0.313. The highest BCUT2D eigenvalue weighted by Crippen LogP contribution is 2.28. The van der Waals surface area contributed by atoms with E-state index >= 15 is 0 Å². The zero-order valence-corrected chi connectivity index (χ0v) is 10.7. The molecule has 0 unspecified atom stereocenters. The Morgan fingerprint density at radius 2 is 2.12 bits per heavy atom. The Kier molecular flexibility index (Phi) is 3.84. The van der Waals surface area contributed by atoms with Crippen LogP contribution in [0.25, 0.3) is 0 Å². The second-order valence-electron chi connectivity index (χ2n) is 4.59. The maximum Gasteiger partial charge on any atom is 0.213 e. The summed E-state index contributed by atoms with van der Waals surface area (Å²) in [5.74, 6) is 1.48. The summed E-state index contributed by atoms with van der Waals surface area (Å²) in [5, 5.41) is 0. The molecule has 4 nitrogen and oxygen atoms in total. The van der Waals surface area contributed by atoms with Crippen molar-refractivity contribution in [2.75, 3.05) is 20.7 Å². The van der Waals surface area contributed by atoms with Crippen LogP contribution in [0, 0.1) is 0 Å². The summed E-state index contributed by atoms with van der Waals surface area (Å²) in [6, 6.07) is 4.42. The van der Waals surface area contributed by atoms with Crippen LogP contribution in [0.3, 0.4) is 0 Å². The van der Waals surface area contributed by atoms with E-state index < -0.39 is 0 Å². The number of aromatic nitrogens is 1. The van der Waals surface area contributed by atoms with Gasteiger partial charge in [-0.2, -0.15) is 0 Å². The first-order valence-corrected chi connectivity index (χ1v) is 6.11. The van der Waals surface area contributed by atoms with Gasteiger partial charge in [0.05, 0.1) is 12.8 Å². The number of hydrogen-bond acceptors (Lipinski definition) is 4. The molecule has 1 aromatic heterocycles. The highest BCUT2D eigenvalue weighted by molar-refractivity contribution is 5.23. The van der Waals surface area contributed by atoms with Crippen LogP contribution in [0.2, 0.25) is 0 Å². The molecular formula is C13H20N2O2. The lowest BCUT2D eigenvalue weighted by Crippen LogP contribution is -2.46. The summed E-state index contributed by atoms with van der Waals surface area (Å²) in [6.45, 7) is 2.62. The molecule has 2 rings (SSSR count). The topological polar surface area (TPSA) is 34.6 Å². The number of ether oxygens (including phenoxy) is 2. The standard InChI is InChI=1S/C13H20N2O2/c1-4-16-11-5-6-13(14-9-11)17-12-7-10(8-12)15(2)3/h5-6,9-10,12H,4,7-8H2,1-3H3/t10-,12+. The van der Waals surface area contributed by atoms with Crippen molar-refractivity contribution in [1.82, 2.24) is 9.88 Å². The predicted octanol–water partition coefficient (Wildman–Crippen LogP) is 1.95. The van der Waals surface area contributed by atoms with Gasteiger partial charge in [-0.3, -0.25) is 0 Å². The van der Waals surface area contributed by atoms with Crippen LogP contribution in [0.1, 0.15) is 19.8 Å². The SMILES string of the molecule is CCOc1ccc(O[C@H]2C[C@@H](N(C)C)C2)nc1. The summed E-state index contributed by atoms with van der Waals surface area (Å²) >= 11 is 0. The highest BCUT2D eigenvalue weighted by Gasteiger charge is 2.32. The average Bonchev–Trinajstić information content (AvgIpc) is 2.25. The number of nitrogens with zero attached hydrogens (tertiary/aromatic N) is 2. The van der Waals surface area contributed by atoms with Gasteiger partial charge in [0.15, 0.2) is 0 Å². The lowest BCUT2D eigenvalue weighted by atomic mass is 9.88. The lowest BCUT2D eigenvalue weighted by molar-refractivity contribution is 0.0369. The summed E-state index contributed by atoms with van der Waals surface area (Å²) < 4.78 is 11.1. The quantitative estimate of drug-likeness (QED) is 0.782. The van der Waals surface area contributed by atoms with E-state index in [0.29, 0.717) is 24.6 Å². The van der Waals surface area contributed by atoms with E-state index in [0.717, 1.165) is 18.6 Å². The van der Waals surface area contributed by atoms with Gasteiger partial charge in [0.1, 0.15) is 11.9 Å². The molecule has 0 bridgehead atoms. The zero-order chi connectivity index (χ0) is 12.3. The molecule has 1 saturated carbocycles. The summed E-state index contributed by atoms with van der Waals surface area (Å²) in [5.41, 5.74) is 0. The number of rotatable bonds is 5. The van der Waals surface area contributed by atoms with E-state index in [1.54, 1.807) is 6.20 Å². The molecule has 1 fully saturated rings. The van der Waals surface area contributed by atoms with E-state index in [-0.39, 0.29) is 0 Å². The molecule has 4 heteroatoms. The molecule has 0 aliphatic heterocycles. The smallest absolute Gasteiger partial charge is 0.213 e. The average molecular weight is 236 g/mol. The van der Waals surface area contributed by atoms with Crippen LogP contribution < -0.4 is 9.47 Å². The molecule has 0 spiro atoms. The Hall–Kier alpha value is -1.29. The number of pyridine rings is 1. The molecule has 1 aliphatic rings. The first-order chi connectivity index (χ1) is 8.19. The molecule has 17 heavy (non-hydrogen) atoms. The highest BCUT2D eigenvalue weighted by atomic mass is 16.5. The largest absolute Gasteiger partial charge is 0.492 e. The molecule has 0 N–H and O–H groups in total. The minimum absolute atomic E-state index is 0.313. The van der Waals surface area contributed by atoms with Crippen molar-refractivity contribution in [3.8, 4) is 11.6 Å². The maximum atomic E-state index is 5.77. The monoisotopic (exact) mass is 236 g/mol. The van der Waals surface area contributed by atoms with Gasteiger partial charge < -0.3 is 14.4 Å². The molecule has 1 aromatic rings. The second kappa shape index (κ2) is 5.36. The molecule has 0 saturated heterocycles. The van der Waals surface area contributed by atoms with Gasteiger partial charge in [-0.25, -0.2) is 4.98 Å². The molecular weight excluding hydrogens is 216 g/mol. The van der Waals surface area contributed by atoms with Gasteiger partial charge >= 0.3 is 0 Å². The van der Waals surface area contributed by atoms with Crippen LogP contribution in [-0.4, -0.2) is 42.7 Å². The van der Waals surface area contributed by atoms with Crippen molar-refractivity contribution in [1.29, 1.82) is 0 Å². The van der Waals surface area contributed by atoms with Gasteiger partial charge in [0.25, 0.3) is 0 Å². The van der Waals surface area contributed by atoms with E-state index in [1.807, 2.05) is 19.1 Å². The van der Waals surface area contributed by atoms with Crippen molar-refractivity contribution < 1.29 is 9.47 Å². The fourth-order valence-electron chi connectivity index (χ4n) is 1.91. The Labute approximate surface area is 103 Å². The van der Waals surface area contributed by atoms with E-state index in [1.165, 1.54) is 0 Å².